The quantitative estimate of drug-likeness (QED) is 0.358. The summed E-state index contributed by atoms with van der Waals surface area (Å²) in [5.41, 5.74) is 1.27. The van der Waals surface area contributed by atoms with E-state index in [1.165, 1.54) is 69.1 Å². The van der Waals surface area contributed by atoms with E-state index in [0.29, 0.717) is 0 Å². The van der Waals surface area contributed by atoms with Crippen molar-refractivity contribution in [1.82, 2.24) is 0 Å². The summed E-state index contributed by atoms with van der Waals surface area (Å²) in [6, 6.07) is 10.6. The molecule has 5 heteroatoms. The van der Waals surface area contributed by atoms with Gasteiger partial charge in [-0.3, -0.25) is 0 Å². The van der Waals surface area contributed by atoms with E-state index in [9.17, 15) is 13.0 Å². The number of benzene rings is 2. The molecule has 0 aromatic heterocycles. The van der Waals surface area contributed by atoms with Gasteiger partial charge in [0.25, 0.3) is 0 Å². The Bertz CT molecular complexity index is 757. The van der Waals surface area contributed by atoms with Gasteiger partial charge in [0.1, 0.15) is 10.1 Å². The SMILES string of the molecule is CCCCCCCCCCc1ccc2cc(S(=O)(=O)[O-])ccc2c1.[K+]. The number of aryl methyl sites for hydroxylation is 1. The third kappa shape index (κ3) is 8.20. The zero-order valence-electron chi connectivity index (χ0n) is 15.5. The number of hydrogen-bond acceptors (Lipinski definition) is 3. The average Bonchev–Trinajstić information content (AvgIpc) is 2.56. The van der Waals surface area contributed by atoms with Gasteiger partial charge in [-0.05, 0) is 41.3 Å². The van der Waals surface area contributed by atoms with Crippen LogP contribution in [0.25, 0.3) is 10.8 Å². The molecule has 132 valence electrons. The molecular weight excluding hydrogens is 359 g/mol. The number of rotatable bonds is 10. The fourth-order valence-corrected chi connectivity index (χ4v) is 3.55. The maximum atomic E-state index is 11.1. The maximum Gasteiger partial charge on any atom is 1.00 e. The van der Waals surface area contributed by atoms with Crippen molar-refractivity contribution in [2.24, 2.45) is 0 Å². The van der Waals surface area contributed by atoms with E-state index in [1.807, 2.05) is 12.1 Å². The Balaban J connectivity index is 0.00000312. The van der Waals surface area contributed by atoms with E-state index in [4.69, 9.17) is 0 Å². The topological polar surface area (TPSA) is 57.2 Å². The van der Waals surface area contributed by atoms with E-state index >= 15 is 0 Å². The summed E-state index contributed by atoms with van der Waals surface area (Å²) in [6.07, 6.45) is 11.5. The van der Waals surface area contributed by atoms with E-state index in [2.05, 4.69) is 13.0 Å². The van der Waals surface area contributed by atoms with Gasteiger partial charge >= 0.3 is 51.4 Å². The van der Waals surface area contributed by atoms with E-state index in [1.54, 1.807) is 6.07 Å². The summed E-state index contributed by atoms with van der Waals surface area (Å²) in [4.78, 5) is -0.161. The van der Waals surface area contributed by atoms with Gasteiger partial charge in [-0.1, -0.05) is 76.1 Å². The van der Waals surface area contributed by atoms with Crippen molar-refractivity contribution in [3.05, 3.63) is 42.0 Å². The van der Waals surface area contributed by atoms with Crippen molar-refractivity contribution in [2.75, 3.05) is 0 Å². The first-order valence-corrected chi connectivity index (χ1v) is 10.4. The predicted molar refractivity (Wildman–Crippen MR) is 98.2 cm³/mol. The zero-order valence-corrected chi connectivity index (χ0v) is 19.4. The minimum atomic E-state index is -4.38. The van der Waals surface area contributed by atoms with Crippen molar-refractivity contribution in [2.45, 2.75) is 69.6 Å². The first-order valence-electron chi connectivity index (χ1n) is 8.99. The second-order valence-corrected chi connectivity index (χ2v) is 7.90. The Morgan fingerprint density at radius 2 is 1.36 bits per heavy atom. The number of hydrogen-bond donors (Lipinski definition) is 0. The molecule has 0 amide bonds. The minimum Gasteiger partial charge on any atom is -0.744 e. The van der Waals surface area contributed by atoms with Crippen LogP contribution in [0.5, 0.6) is 0 Å². The first-order chi connectivity index (χ1) is 11.5. The van der Waals surface area contributed by atoms with E-state index in [0.717, 1.165) is 17.2 Å². The van der Waals surface area contributed by atoms with Crippen molar-refractivity contribution >= 4 is 20.9 Å². The predicted octanol–water partition coefficient (Wildman–Crippen LogP) is 2.43. The van der Waals surface area contributed by atoms with Gasteiger partial charge in [0, 0.05) is 0 Å². The fraction of sp³-hybridized carbons (Fsp3) is 0.500. The minimum absolute atomic E-state index is 0. The normalized spacial score (nSPS) is 11.4. The molecule has 0 aliphatic carbocycles. The van der Waals surface area contributed by atoms with Crippen molar-refractivity contribution in [3.63, 3.8) is 0 Å². The number of fused-ring (bicyclic) bond motifs is 1. The molecule has 0 unspecified atom stereocenters. The summed E-state index contributed by atoms with van der Waals surface area (Å²) in [6.45, 7) is 2.24. The van der Waals surface area contributed by atoms with Crippen LogP contribution in [0.2, 0.25) is 0 Å². The van der Waals surface area contributed by atoms with Gasteiger partial charge in [0.05, 0.1) is 4.90 Å². The molecule has 2 rings (SSSR count). The van der Waals surface area contributed by atoms with E-state index < -0.39 is 10.1 Å². The number of unbranched alkanes of at least 4 members (excludes halogenated alkanes) is 7. The van der Waals surface area contributed by atoms with Crippen LogP contribution in [-0.4, -0.2) is 13.0 Å². The van der Waals surface area contributed by atoms with Crippen LogP contribution < -0.4 is 51.4 Å². The molecule has 0 saturated heterocycles. The Labute approximate surface area is 194 Å². The zero-order chi connectivity index (χ0) is 17.4. The molecule has 0 atom stereocenters. The molecule has 0 bridgehead atoms. The molecule has 0 aliphatic rings. The first kappa shape index (κ1) is 23.3. The Morgan fingerprint density at radius 3 is 2.00 bits per heavy atom. The molecular formula is C20H27KO3S. The molecule has 3 nitrogen and oxygen atoms in total. The smallest absolute Gasteiger partial charge is 0.744 e. The second-order valence-electron chi connectivity index (χ2n) is 6.52. The molecule has 0 spiro atoms. The fourth-order valence-electron chi connectivity index (χ4n) is 3.05. The third-order valence-electron chi connectivity index (χ3n) is 4.48. The molecule has 2 aromatic rings. The monoisotopic (exact) mass is 386 g/mol. The molecule has 0 N–H and O–H groups in total. The van der Waals surface area contributed by atoms with Crippen molar-refractivity contribution in [1.29, 1.82) is 0 Å². The summed E-state index contributed by atoms with van der Waals surface area (Å²) in [7, 11) is -4.38. The molecule has 2 aromatic carbocycles. The van der Waals surface area contributed by atoms with Gasteiger partial charge in [0.2, 0.25) is 0 Å². The largest absolute Gasteiger partial charge is 1.00 e. The molecule has 0 saturated carbocycles. The van der Waals surface area contributed by atoms with Gasteiger partial charge in [0.15, 0.2) is 0 Å². The average molecular weight is 387 g/mol. The van der Waals surface area contributed by atoms with Crippen molar-refractivity contribution < 1.29 is 64.4 Å². The standard InChI is InChI=1S/C20H28O3S.K/c1-2-3-4-5-6-7-8-9-10-17-11-12-19-16-20(24(21,22)23)14-13-18(19)15-17;/h11-16H,2-10H2,1H3,(H,21,22,23);/q;+1/p-1. The Kier molecular flexibility index (Phi) is 11.0. The van der Waals surface area contributed by atoms with E-state index in [-0.39, 0.29) is 56.3 Å². The van der Waals surface area contributed by atoms with Crippen LogP contribution in [0.1, 0.15) is 63.9 Å². The van der Waals surface area contributed by atoms with Crippen LogP contribution in [0.3, 0.4) is 0 Å². The summed E-state index contributed by atoms with van der Waals surface area (Å²) in [5, 5.41) is 1.78. The Hall–Kier alpha value is 0.246. The van der Waals surface area contributed by atoms with Crippen molar-refractivity contribution in [3.8, 4) is 0 Å². The second kappa shape index (κ2) is 11.9. The molecule has 25 heavy (non-hydrogen) atoms. The molecule has 0 radical (unpaired) electrons. The van der Waals surface area contributed by atoms with Gasteiger partial charge in [-0.25, -0.2) is 8.42 Å². The van der Waals surface area contributed by atoms with Gasteiger partial charge < -0.3 is 4.55 Å². The summed E-state index contributed by atoms with van der Waals surface area (Å²) < 4.78 is 33.2. The van der Waals surface area contributed by atoms with Crippen LogP contribution in [0.15, 0.2) is 41.3 Å². The molecule has 0 heterocycles. The maximum absolute atomic E-state index is 11.1. The third-order valence-corrected chi connectivity index (χ3v) is 5.32. The van der Waals surface area contributed by atoms with Crippen LogP contribution >= 0.6 is 0 Å². The molecule has 0 fully saturated rings. The summed E-state index contributed by atoms with van der Waals surface area (Å²) in [5.74, 6) is 0. The van der Waals surface area contributed by atoms with Gasteiger partial charge in [-0.15, -0.1) is 0 Å². The van der Waals surface area contributed by atoms with Crippen LogP contribution in [-0.2, 0) is 16.5 Å². The summed E-state index contributed by atoms with van der Waals surface area (Å²) >= 11 is 0. The Morgan fingerprint density at radius 1 is 0.800 bits per heavy atom. The van der Waals surface area contributed by atoms with Crippen LogP contribution in [0.4, 0.5) is 0 Å². The van der Waals surface area contributed by atoms with Crippen LogP contribution in [0, 0.1) is 0 Å². The molecule has 0 aliphatic heterocycles. The van der Waals surface area contributed by atoms with Gasteiger partial charge in [-0.2, -0.15) is 0 Å².